The Hall–Kier alpha value is -1.00. The highest BCUT2D eigenvalue weighted by Crippen LogP contribution is 2.27. The van der Waals surface area contributed by atoms with Crippen LogP contribution in [0.1, 0.15) is 33.1 Å². The third-order valence-corrected chi connectivity index (χ3v) is 5.06. The van der Waals surface area contributed by atoms with Gasteiger partial charge in [0.05, 0.1) is 0 Å². The van der Waals surface area contributed by atoms with Crippen LogP contribution < -0.4 is 4.72 Å². The van der Waals surface area contributed by atoms with E-state index in [9.17, 15) is 0 Å². The Morgan fingerprint density at radius 1 is 1.48 bits per heavy atom. The van der Waals surface area contributed by atoms with Crippen LogP contribution in [0.2, 0.25) is 0 Å². The maximum atomic E-state index is 4.38. The molecule has 0 bridgehead atoms. The molecule has 1 N–H and O–H groups in total. The molecular weight excluding hydrogens is 278 g/mol. The van der Waals surface area contributed by atoms with Crippen LogP contribution in [0.3, 0.4) is 0 Å². The van der Waals surface area contributed by atoms with E-state index in [2.05, 4.69) is 52.8 Å². The van der Waals surface area contributed by atoms with E-state index in [-0.39, 0.29) is 0 Å². The van der Waals surface area contributed by atoms with E-state index in [1.807, 2.05) is 24.2 Å². The molecule has 116 valence electrons. The molecule has 1 aliphatic carbocycles. The molecule has 0 fully saturated rings. The molecule has 0 saturated carbocycles. The van der Waals surface area contributed by atoms with Crippen molar-refractivity contribution >= 4 is 11.9 Å². The van der Waals surface area contributed by atoms with Gasteiger partial charge in [-0.1, -0.05) is 49.6 Å². The Balaban J connectivity index is 1.96. The van der Waals surface area contributed by atoms with Gasteiger partial charge in [0.15, 0.2) is 0 Å². The van der Waals surface area contributed by atoms with Gasteiger partial charge in [-0.2, -0.15) is 5.10 Å². The second kappa shape index (κ2) is 9.11. The zero-order valence-electron chi connectivity index (χ0n) is 13.2. The number of allylic oxidation sites excluding steroid dienone is 4. The Bertz CT molecular complexity index is 451. The van der Waals surface area contributed by atoms with Gasteiger partial charge in [-0.25, -0.2) is 0 Å². The van der Waals surface area contributed by atoms with Crippen molar-refractivity contribution in [1.82, 2.24) is 14.5 Å². The zero-order chi connectivity index (χ0) is 14.9. The normalized spacial score (nSPS) is 17.5. The van der Waals surface area contributed by atoms with Gasteiger partial charge in [0, 0.05) is 31.2 Å². The first-order valence-corrected chi connectivity index (χ1v) is 8.97. The average molecular weight is 305 g/mol. The van der Waals surface area contributed by atoms with Crippen molar-refractivity contribution < 1.29 is 0 Å². The molecule has 0 aromatic carbocycles. The topological polar surface area (TPSA) is 29.9 Å². The molecule has 2 unspecified atom stereocenters. The fourth-order valence-electron chi connectivity index (χ4n) is 2.69. The first kappa shape index (κ1) is 16.4. The SMILES string of the molecule is CCCSNCC(Cn1cccn1)C(C)C1=CC=CCC1. The van der Waals surface area contributed by atoms with Crippen molar-refractivity contribution in [3.63, 3.8) is 0 Å². The van der Waals surface area contributed by atoms with Gasteiger partial charge in [0.2, 0.25) is 0 Å². The van der Waals surface area contributed by atoms with Crippen LogP contribution >= 0.6 is 11.9 Å². The second-order valence-corrected chi connectivity index (χ2v) is 6.67. The maximum absolute atomic E-state index is 4.38. The molecule has 21 heavy (non-hydrogen) atoms. The van der Waals surface area contributed by atoms with Crippen LogP contribution in [0.15, 0.2) is 42.3 Å². The third-order valence-electron chi connectivity index (χ3n) is 4.07. The summed E-state index contributed by atoms with van der Waals surface area (Å²) in [6.45, 7) is 6.60. The highest BCUT2D eigenvalue weighted by Gasteiger charge is 2.21. The second-order valence-electron chi connectivity index (χ2n) is 5.68. The van der Waals surface area contributed by atoms with E-state index in [0.29, 0.717) is 11.8 Å². The number of nitrogens with one attached hydrogen (secondary N) is 1. The molecule has 0 radical (unpaired) electrons. The van der Waals surface area contributed by atoms with Crippen molar-refractivity contribution in [1.29, 1.82) is 0 Å². The highest BCUT2D eigenvalue weighted by atomic mass is 32.2. The van der Waals surface area contributed by atoms with Gasteiger partial charge < -0.3 is 0 Å². The van der Waals surface area contributed by atoms with Gasteiger partial charge >= 0.3 is 0 Å². The summed E-state index contributed by atoms with van der Waals surface area (Å²) in [4.78, 5) is 0. The summed E-state index contributed by atoms with van der Waals surface area (Å²) < 4.78 is 5.61. The van der Waals surface area contributed by atoms with Crippen molar-refractivity contribution in [2.75, 3.05) is 12.3 Å². The number of aromatic nitrogens is 2. The number of nitrogens with zero attached hydrogens (tertiary/aromatic N) is 2. The summed E-state index contributed by atoms with van der Waals surface area (Å²) >= 11 is 1.85. The minimum absolute atomic E-state index is 0.576. The smallest absolute Gasteiger partial charge is 0.0489 e. The van der Waals surface area contributed by atoms with Gasteiger partial charge in [0.25, 0.3) is 0 Å². The van der Waals surface area contributed by atoms with Crippen LogP contribution in [-0.2, 0) is 6.54 Å². The van der Waals surface area contributed by atoms with E-state index in [4.69, 9.17) is 0 Å². The Morgan fingerprint density at radius 3 is 3.05 bits per heavy atom. The average Bonchev–Trinajstić information content (AvgIpc) is 3.03. The first-order valence-electron chi connectivity index (χ1n) is 7.99. The number of hydrogen-bond donors (Lipinski definition) is 1. The van der Waals surface area contributed by atoms with E-state index in [0.717, 1.165) is 13.1 Å². The molecule has 0 aliphatic heterocycles. The fourth-order valence-corrected chi connectivity index (χ4v) is 3.37. The van der Waals surface area contributed by atoms with Crippen LogP contribution in [0.5, 0.6) is 0 Å². The molecule has 1 heterocycles. The lowest BCUT2D eigenvalue weighted by Crippen LogP contribution is -2.29. The molecule has 2 rings (SSSR count). The van der Waals surface area contributed by atoms with E-state index >= 15 is 0 Å². The van der Waals surface area contributed by atoms with Crippen LogP contribution in [-0.4, -0.2) is 22.1 Å². The van der Waals surface area contributed by atoms with Gasteiger partial charge in [-0.05, 0) is 37.2 Å². The van der Waals surface area contributed by atoms with E-state index in [1.54, 1.807) is 5.57 Å². The largest absolute Gasteiger partial charge is 0.272 e. The molecule has 1 aromatic rings. The van der Waals surface area contributed by atoms with Gasteiger partial charge in [-0.3, -0.25) is 9.40 Å². The Labute approximate surface area is 133 Å². The highest BCUT2D eigenvalue weighted by molar-refractivity contribution is 7.97. The van der Waals surface area contributed by atoms with Gasteiger partial charge in [-0.15, -0.1) is 0 Å². The van der Waals surface area contributed by atoms with Crippen molar-refractivity contribution in [3.8, 4) is 0 Å². The number of hydrogen-bond acceptors (Lipinski definition) is 3. The number of rotatable bonds is 9. The van der Waals surface area contributed by atoms with Crippen molar-refractivity contribution in [3.05, 3.63) is 42.3 Å². The molecule has 1 aromatic heterocycles. The van der Waals surface area contributed by atoms with Crippen LogP contribution in [0, 0.1) is 11.8 Å². The summed E-state index contributed by atoms with van der Waals surface area (Å²) in [5.74, 6) is 2.34. The summed E-state index contributed by atoms with van der Waals surface area (Å²) in [7, 11) is 0. The fraction of sp³-hybridized carbons (Fsp3) is 0.588. The molecule has 0 saturated heterocycles. The predicted octanol–water partition coefficient (Wildman–Crippen LogP) is 4.06. The predicted molar refractivity (Wildman–Crippen MR) is 92.1 cm³/mol. The monoisotopic (exact) mass is 305 g/mol. The molecule has 1 aliphatic rings. The molecular formula is C17H27N3S. The van der Waals surface area contributed by atoms with Crippen LogP contribution in [0.4, 0.5) is 0 Å². The molecule has 3 nitrogen and oxygen atoms in total. The standard InChI is InChI=1S/C17H27N3S/c1-3-12-21-19-13-17(14-20-11-7-10-18-20)15(2)16-8-5-4-6-9-16/h4-5,7-8,10-11,15,17,19H,3,6,9,12-14H2,1-2H3. The quantitative estimate of drug-likeness (QED) is 0.551. The van der Waals surface area contributed by atoms with E-state index in [1.165, 1.54) is 25.0 Å². The lowest BCUT2D eigenvalue weighted by molar-refractivity contribution is 0.331. The summed E-state index contributed by atoms with van der Waals surface area (Å²) in [6.07, 6.45) is 14.3. The van der Waals surface area contributed by atoms with Crippen molar-refractivity contribution in [2.24, 2.45) is 11.8 Å². The molecule has 0 amide bonds. The zero-order valence-corrected chi connectivity index (χ0v) is 14.0. The summed E-state index contributed by atoms with van der Waals surface area (Å²) in [5, 5.41) is 4.38. The Kier molecular flexibility index (Phi) is 7.10. The Morgan fingerprint density at radius 2 is 2.38 bits per heavy atom. The lowest BCUT2D eigenvalue weighted by Gasteiger charge is -2.27. The summed E-state index contributed by atoms with van der Waals surface area (Å²) in [6, 6.07) is 2.00. The summed E-state index contributed by atoms with van der Waals surface area (Å²) in [5.41, 5.74) is 1.58. The van der Waals surface area contributed by atoms with Gasteiger partial charge in [0.1, 0.15) is 0 Å². The van der Waals surface area contributed by atoms with E-state index < -0.39 is 0 Å². The minimum Gasteiger partial charge on any atom is -0.272 e. The molecule has 4 heteroatoms. The lowest BCUT2D eigenvalue weighted by atomic mass is 9.83. The minimum atomic E-state index is 0.576. The third kappa shape index (κ3) is 5.36. The first-order chi connectivity index (χ1) is 10.3. The van der Waals surface area contributed by atoms with Crippen molar-refractivity contribution in [2.45, 2.75) is 39.7 Å². The maximum Gasteiger partial charge on any atom is 0.0489 e. The molecule has 0 spiro atoms. The molecule has 2 atom stereocenters. The van der Waals surface area contributed by atoms with Crippen LogP contribution in [0.25, 0.3) is 0 Å².